The van der Waals surface area contributed by atoms with Crippen LogP contribution in [0.3, 0.4) is 0 Å². The highest BCUT2D eigenvalue weighted by atomic mass is 16.3. The van der Waals surface area contributed by atoms with E-state index in [9.17, 15) is 9.90 Å². The van der Waals surface area contributed by atoms with Crippen molar-refractivity contribution in [1.29, 1.82) is 0 Å². The van der Waals surface area contributed by atoms with Crippen molar-refractivity contribution in [3.63, 3.8) is 0 Å². The summed E-state index contributed by atoms with van der Waals surface area (Å²) in [5.74, 6) is 1.48. The van der Waals surface area contributed by atoms with Gasteiger partial charge in [0.15, 0.2) is 5.96 Å². The number of nitrogens with zero attached hydrogens (tertiary/aromatic N) is 5. The predicted molar refractivity (Wildman–Crippen MR) is 121 cm³/mol. The summed E-state index contributed by atoms with van der Waals surface area (Å²) in [5, 5.41) is 13.6. The second-order valence-electron chi connectivity index (χ2n) is 8.22. The molecule has 8 nitrogen and oxygen atoms in total. The number of phenolic OH excluding ortho intramolecular Hbond substituents is 1. The lowest BCUT2D eigenvalue weighted by Gasteiger charge is -2.37. The lowest BCUT2D eigenvalue weighted by molar-refractivity contribution is -0.133. The number of aliphatic imine (C=N–C) groups is 1. The molecule has 1 amide bonds. The van der Waals surface area contributed by atoms with Gasteiger partial charge in [0.25, 0.3) is 0 Å². The molecule has 1 aromatic rings. The van der Waals surface area contributed by atoms with E-state index in [0.717, 1.165) is 76.7 Å². The van der Waals surface area contributed by atoms with Gasteiger partial charge < -0.3 is 25.1 Å². The first-order valence-corrected chi connectivity index (χ1v) is 10.9. The first-order chi connectivity index (χ1) is 14.5. The van der Waals surface area contributed by atoms with E-state index in [4.69, 9.17) is 0 Å². The molecule has 2 aliphatic heterocycles. The second kappa shape index (κ2) is 10.5. The fourth-order valence-electron chi connectivity index (χ4n) is 4.38. The minimum Gasteiger partial charge on any atom is -0.506 e. The monoisotopic (exact) mass is 416 g/mol. The molecule has 0 bridgehead atoms. The smallest absolute Gasteiger partial charge is 0.239 e. The van der Waals surface area contributed by atoms with E-state index >= 15 is 0 Å². The summed E-state index contributed by atoms with van der Waals surface area (Å²) in [6.45, 7) is 6.19. The Labute approximate surface area is 180 Å². The Balaban J connectivity index is 1.41. The zero-order valence-electron chi connectivity index (χ0n) is 18.5. The van der Waals surface area contributed by atoms with Crippen LogP contribution < -0.4 is 10.2 Å². The van der Waals surface area contributed by atoms with Gasteiger partial charge in [-0.2, -0.15) is 0 Å². The van der Waals surface area contributed by atoms with Gasteiger partial charge in [-0.05, 0) is 37.9 Å². The zero-order valence-corrected chi connectivity index (χ0v) is 18.5. The topological polar surface area (TPSA) is 74.7 Å². The van der Waals surface area contributed by atoms with Crippen LogP contribution in [-0.4, -0.2) is 105 Å². The zero-order chi connectivity index (χ0) is 21.5. The van der Waals surface area contributed by atoms with Crippen molar-refractivity contribution < 1.29 is 9.90 Å². The van der Waals surface area contributed by atoms with Crippen LogP contribution in [0.1, 0.15) is 19.3 Å². The van der Waals surface area contributed by atoms with Crippen LogP contribution in [0.2, 0.25) is 0 Å². The van der Waals surface area contributed by atoms with Gasteiger partial charge >= 0.3 is 0 Å². The molecule has 2 saturated heterocycles. The maximum Gasteiger partial charge on any atom is 0.239 e. The van der Waals surface area contributed by atoms with Crippen molar-refractivity contribution in [1.82, 2.24) is 20.0 Å². The summed E-state index contributed by atoms with van der Waals surface area (Å²) in [6, 6.07) is 7.55. The SMILES string of the molecule is CN=C(NCCCN1CCCC1C(=O)N(C)C)N1CCN(c2ccccc2O)CC1. The first kappa shape index (κ1) is 22.2. The predicted octanol–water partition coefficient (Wildman–Crippen LogP) is 1.03. The van der Waals surface area contributed by atoms with E-state index in [1.165, 1.54) is 0 Å². The Morgan fingerprint density at radius 3 is 2.60 bits per heavy atom. The number of guanidine groups is 1. The maximum atomic E-state index is 12.3. The minimum absolute atomic E-state index is 0.0433. The number of likely N-dealkylation sites (tertiary alicyclic amines) is 1. The molecule has 8 heteroatoms. The Kier molecular flexibility index (Phi) is 7.79. The van der Waals surface area contributed by atoms with Crippen LogP contribution in [0.4, 0.5) is 5.69 Å². The van der Waals surface area contributed by atoms with Crippen molar-refractivity contribution in [3.8, 4) is 5.75 Å². The van der Waals surface area contributed by atoms with Gasteiger partial charge in [0.05, 0.1) is 11.7 Å². The van der Waals surface area contributed by atoms with Crippen molar-refractivity contribution in [2.24, 2.45) is 4.99 Å². The van der Waals surface area contributed by atoms with Gasteiger partial charge in [0, 0.05) is 60.4 Å². The summed E-state index contributed by atoms with van der Waals surface area (Å²) in [7, 11) is 5.50. The van der Waals surface area contributed by atoms with E-state index in [2.05, 4.69) is 25.0 Å². The van der Waals surface area contributed by atoms with Crippen molar-refractivity contribution in [3.05, 3.63) is 24.3 Å². The quantitative estimate of drug-likeness (QED) is 0.410. The van der Waals surface area contributed by atoms with Crippen LogP contribution >= 0.6 is 0 Å². The molecule has 166 valence electrons. The number of hydrogen-bond donors (Lipinski definition) is 2. The molecule has 2 heterocycles. The molecule has 0 saturated carbocycles. The molecule has 2 aliphatic rings. The van der Waals surface area contributed by atoms with Crippen molar-refractivity contribution >= 4 is 17.6 Å². The summed E-state index contributed by atoms with van der Waals surface area (Å²) in [6.07, 6.45) is 3.04. The molecular weight excluding hydrogens is 380 g/mol. The summed E-state index contributed by atoms with van der Waals surface area (Å²) >= 11 is 0. The highest BCUT2D eigenvalue weighted by Gasteiger charge is 2.31. The van der Waals surface area contributed by atoms with Crippen molar-refractivity contribution in [2.75, 3.05) is 71.9 Å². The highest BCUT2D eigenvalue weighted by molar-refractivity contribution is 5.81. The Morgan fingerprint density at radius 2 is 1.93 bits per heavy atom. The number of anilines is 1. The molecular formula is C22H36N6O2. The number of carbonyl (C=O) groups is 1. The molecule has 1 atom stereocenters. The summed E-state index contributed by atoms with van der Waals surface area (Å²) in [4.78, 5) is 25.3. The van der Waals surface area contributed by atoms with E-state index in [1.54, 1.807) is 11.0 Å². The summed E-state index contributed by atoms with van der Waals surface area (Å²) < 4.78 is 0. The molecule has 0 aliphatic carbocycles. The standard InChI is InChI=1S/C22H36N6O2/c1-23-22(24-11-7-13-26-12-6-9-19(26)21(30)25(2)3)28-16-14-27(15-17-28)18-8-4-5-10-20(18)29/h4-5,8,10,19,29H,6-7,9,11-17H2,1-3H3,(H,23,24). The number of piperazine rings is 1. The number of likely N-dealkylation sites (N-methyl/N-ethyl adjacent to an activating group) is 1. The van der Waals surface area contributed by atoms with E-state index in [-0.39, 0.29) is 11.9 Å². The van der Waals surface area contributed by atoms with E-state index < -0.39 is 0 Å². The fraction of sp³-hybridized carbons (Fsp3) is 0.636. The molecule has 30 heavy (non-hydrogen) atoms. The highest BCUT2D eigenvalue weighted by Crippen LogP contribution is 2.27. The Hall–Kier alpha value is -2.48. The molecule has 0 radical (unpaired) electrons. The Bertz CT molecular complexity index is 730. The van der Waals surface area contributed by atoms with E-state index in [1.807, 2.05) is 39.3 Å². The molecule has 2 N–H and O–H groups in total. The third-order valence-electron chi connectivity index (χ3n) is 6.01. The molecule has 0 spiro atoms. The van der Waals surface area contributed by atoms with Crippen molar-refractivity contribution in [2.45, 2.75) is 25.3 Å². The van der Waals surface area contributed by atoms with Gasteiger partial charge in [0.2, 0.25) is 5.91 Å². The van der Waals surface area contributed by atoms with Crippen LogP contribution in [0.15, 0.2) is 29.3 Å². The van der Waals surface area contributed by atoms with Crippen LogP contribution in [0, 0.1) is 0 Å². The number of benzene rings is 1. The maximum absolute atomic E-state index is 12.3. The number of aromatic hydroxyl groups is 1. The number of amides is 1. The van der Waals surface area contributed by atoms with Crippen LogP contribution in [0.5, 0.6) is 5.75 Å². The third-order valence-corrected chi connectivity index (χ3v) is 6.01. The lowest BCUT2D eigenvalue weighted by atomic mass is 10.2. The molecule has 3 rings (SSSR count). The minimum atomic E-state index is 0.0433. The number of phenols is 1. The largest absolute Gasteiger partial charge is 0.506 e. The average Bonchev–Trinajstić information content (AvgIpc) is 3.22. The average molecular weight is 417 g/mol. The van der Waals surface area contributed by atoms with Crippen LogP contribution in [-0.2, 0) is 4.79 Å². The molecule has 2 fully saturated rings. The van der Waals surface area contributed by atoms with Gasteiger partial charge in [-0.25, -0.2) is 0 Å². The second-order valence-corrected chi connectivity index (χ2v) is 8.22. The summed E-state index contributed by atoms with van der Waals surface area (Å²) in [5.41, 5.74) is 0.896. The normalized spacial score (nSPS) is 20.5. The third kappa shape index (κ3) is 5.36. The molecule has 0 aromatic heterocycles. The first-order valence-electron chi connectivity index (χ1n) is 10.9. The number of carbonyl (C=O) groups excluding carboxylic acids is 1. The molecule has 1 aromatic carbocycles. The van der Waals surface area contributed by atoms with Gasteiger partial charge in [0.1, 0.15) is 5.75 Å². The number of hydrogen-bond acceptors (Lipinski definition) is 5. The van der Waals surface area contributed by atoms with Gasteiger partial charge in [-0.3, -0.25) is 14.7 Å². The van der Waals surface area contributed by atoms with Gasteiger partial charge in [-0.15, -0.1) is 0 Å². The Morgan fingerprint density at radius 1 is 1.20 bits per heavy atom. The number of rotatable bonds is 6. The van der Waals surface area contributed by atoms with Crippen LogP contribution in [0.25, 0.3) is 0 Å². The van der Waals surface area contributed by atoms with Gasteiger partial charge in [-0.1, -0.05) is 12.1 Å². The number of para-hydroxylation sites is 2. The molecule has 1 unspecified atom stereocenters. The number of nitrogens with one attached hydrogen (secondary N) is 1. The lowest BCUT2D eigenvalue weighted by Crippen LogP contribution is -2.52. The van der Waals surface area contributed by atoms with E-state index in [0.29, 0.717) is 5.75 Å². The fourth-order valence-corrected chi connectivity index (χ4v) is 4.38.